The summed E-state index contributed by atoms with van der Waals surface area (Å²) >= 11 is 0. The summed E-state index contributed by atoms with van der Waals surface area (Å²) in [5, 5.41) is 15.8. The Kier molecular flexibility index (Phi) is 7.55. The smallest absolute Gasteiger partial charge is 0.229 e. The largest absolute Gasteiger partial charge is 0.383 e. The second-order valence-corrected chi connectivity index (χ2v) is 11.0. The van der Waals surface area contributed by atoms with Crippen LogP contribution in [0.2, 0.25) is 0 Å². The molecule has 11 heteroatoms. The van der Waals surface area contributed by atoms with Gasteiger partial charge in [0.15, 0.2) is 11.6 Å². The van der Waals surface area contributed by atoms with Crippen molar-refractivity contribution in [3.05, 3.63) is 59.3 Å². The highest BCUT2D eigenvalue weighted by molar-refractivity contribution is 7.92. The predicted octanol–water partition coefficient (Wildman–Crippen LogP) is 3.59. The van der Waals surface area contributed by atoms with Gasteiger partial charge in [0.2, 0.25) is 5.95 Å². The van der Waals surface area contributed by atoms with Gasteiger partial charge in [-0.05, 0) is 41.8 Å². The van der Waals surface area contributed by atoms with Crippen LogP contribution in [-0.4, -0.2) is 63.4 Å². The Morgan fingerprint density at radius 1 is 1.20 bits per heavy atom. The van der Waals surface area contributed by atoms with Crippen LogP contribution in [0, 0.1) is 11.3 Å². The van der Waals surface area contributed by atoms with Crippen molar-refractivity contribution in [2.75, 3.05) is 50.0 Å². The van der Waals surface area contributed by atoms with Gasteiger partial charge < -0.3 is 15.4 Å². The Labute approximate surface area is 205 Å². The molecular formula is C24H28N8O2S. The first-order valence-corrected chi connectivity index (χ1v) is 13.4. The van der Waals surface area contributed by atoms with Crippen LogP contribution in [0.15, 0.2) is 47.0 Å². The van der Waals surface area contributed by atoms with Gasteiger partial charge in [-0.1, -0.05) is 12.1 Å². The minimum Gasteiger partial charge on any atom is -0.383 e. The Bertz CT molecular complexity index is 1370. The summed E-state index contributed by atoms with van der Waals surface area (Å²) in [4.78, 5) is 15.5. The van der Waals surface area contributed by atoms with Crippen LogP contribution in [-0.2, 0) is 27.4 Å². The highest BCUT2D eigenvalue weighted by Crippen LogP contribution is 2.25. The molecule has 0 aliphatic carbocycles. The lowest BCUT2D eigenvalue weighted by Gasteiger charge is -2.28. The van der Waals surface area contributed by atoms with Crippen molar-refractivity contribution in [2.24, 2.45) is 4.36 Å². The molecule has 2 aromatic heterocycles. The molecule has 1 aromatic carbocycles. The lowest BCUT2D eigenvalue weighted by Crippen LogP contribution is -2.33. The molecule has 0 unspecified atom stereocenters. The number of methoxy groups -OCH3 is 1. The fourth-order valence-corrected chi connectivity index (χ4v) is 4.30. The number of rotatable bonds is 8. The Balaban J connectivity index is 1.54. The average Bonchev–Trinajstić information content (AvgIpc) is 2.82. The van der Waals surface area contributed by atoms with E-state index in [4.69, 9.17) is 4.74 Å². The van der Waals surface area contributed by atoms with E-state index >= 15 is 0 Å². The molecule has 0 fully saturated rings. The number of anilines is 4. The number of benzene rings is 1. The van der Waals surface area contributed by atoms with E-state index in [1.165, 1.54) is 17.3 Å². The van der Waals surface area contributed by atoms with Crippen molar-refractivity contribution in [3.8, 4) is 6.07 Å². The van der Waals surface area contributed by atoms with Gasteiger partial charge in [0.1, 0.15) is 17.5 Å². The van der Waals surface area contributed by atoms with Crippen LogP contribution < -0.4 is 10.6 Å². The van der Waals surface area contributed by atoms with Gasteiger partial charge in [-0.15, -0.1) is 0 Å². The van der Waals surface area contributed by atoms with Gasteiger partial charge in [-0.25, -0.2) is 14.2 Å². The number of fused-ring (bicyclic) bond motifs is 1. The third-order valence-electron chi connectivity index (χ3n) is 5.37. The molecule has 0 saturated heterocycles. The molecule has 3 heterocycles. The minimum atomic E-state index is -2.35. The molecule has 4 rings (SSSR count). The Hall–Kier alpha value is -3.59. The molecule has 2 N–H and O–H groups in total. The quantitative estimate of drug-likeness (QED) is 0.484. The second-order valence-electron chi connectivity index (χ2n) is 8.47. The number of nitriles is 1. The Morgan fingerprint density at radius 3 is 2.83 bits per heavy atom. The van der Waals surface area contributed by atoms with Crippen LogP contribution in [0.3, 0.4) is 0 Å². The number of nitrogens with one attached hydrogen (secondary N) is 2. The lowest BCUT2D eigenvalue weighted by atomic mass is 9.99. The number of aromatic nitrogens is 3. The average molecular weight is 493 g/mol. The second kappa shape index (κ2) is 10.8. The highest BCUT2D eigenvalue weighted by Gasteiger charge is 2.17. The third kappa shape index (κ3) is 6.73. The van der Waals surface area contributed by atoms with Gasteiger partial charge in [-0.2, -0.15) is 14.6 Å². The summed E-state index contributed by atoms with van der Waals surface area (Å²) in [6, 6.07) is 13.5. The first kappa shape index (κ1) is 24.5. The van der Waals surface area contributed by atoms with Crippen molar-refractivity contribution < 1.29 is 8.95 Å². The van der Waals surface area contributed by atoms with E-state index in [1.807, 2.05) is 6.07 Å². The highest BCUT2D eigenvalue weighted by atomic mass is 32.2. The molecule has 0 radical (unpaired) electrons. The van der Waals surface area contributed by atoms with Crippen molar-refractivity contribution in [3.63, 3.8) is 0 Å². The fourth-order valence-electron chi connectivity index (χ4n) is 3.74. The van der Waals surface area contributed by atoms with Crippen LogP contribution in [0.4, 0.5) is 29.1 Å². The maximum absolute atomic E-state index is 12.0. The summed E-state index contributed by atoms with van der Waals surface area (Å²) in [7, 11) is -0.629. The molecule has 1 aliphatic rings. The molecule has 1 aliphatic heterocycles. The zero-order chi connectivity index (χ0) is 24.8. The van der Waals surface area contributed by atoms with E-state index in [0.717, 1.165) is 31.7 Å². The standard InChI is InChI=1S/C24H28N8O2S/c1-34-12-11-32-10-9-17-7-8-20(13-18(17)16-32)27-24-26-15-19(14-25)23(30-24)29-21-5-4-6-22(28-21)31-35(2,3)33/h4-8,13,15H,9-12,16H2,1-3H3,(H2,26,27,28,29,30). The number of hydrogen-bond acceptors (Lipinski definition) is 10. The van der Waals surface area contributed by atoms with Gasteiger partial charge >= 0.3 is 0 Å². The normalized spacial score (nSPS) is 13.5. The van der Waals surface area contributed by atoms with E-state index in [9.17, 15) is 9.47 Å². The van der Waals surface area contributed by atoms with Crippen molar-refractivity contribution in [1.29, 1.82) is 5.26 Å². The summed E-state index contributed by atoms with van der Waals surface area (Å²) in [5.41, 5.74) is 3.74. The maximum atomic E-state index is 12.0. The van der Waals surface area contributed by atoms with E-state index in [-0.39, 0.29) is 5.56 Å². The molecule has 3 aromatic rings. The molecule has 0 atom stereocenters. The summed E-state index contributed by atoms with van der Waals surface area (Å²) < 4.78 is 21.3. The molecule has 0 amide bonds. The molecule has 0 saturated carbocycles. The van der Waals surface area contributed by atoms with E-state index < -0.39 is 9.73 Å². The van der Waals surface area contributed by atoms with Crippen molar-refractivity contribution in [2.45, 2.75) is 13.0 Å². The minimum absolute atomic E-state index is 0.272. The van der Waals surface area contributed by atoms with Gasteiger partial charge in [0.25, 0.3) is 0 Å². The third-order valence-corrected chi connectivity index (χ3v) is 6.00. The van der Waals surface area contributed by atoms with Crippen molar-refractivity contribution in [1.82, 2.24) is 19.9 Å². The fraction of sp³-hybridized carbons (Fsp3) is 0.333. The van der Waals surface area contributed by atoms with Crippen molar-refractivity contribution >= 4 is 38.8 Å². The zero-order valence-corrected chi connectivity index (χ0v) is 20.8. The van der Waals surface area contributed by atoms with Crippen LogP contribution in [0.1, 0.15) is 16.7 Å². The van der Waals surface area contributed by atoms with Gasteiger partial charge in [-0.3, -0.25) is 4.90 Å². The first-order chi connectivity index (χ1) is 16.8. The SMILES string of the molecule is COCCN1CCc2ccc(Nc3ncc(C#N)c(Nc4cccc(N=S(C)(C)=O)n4)n3)cc2C1. The van der Waals surface area contributed by atoms with E-state index in [1.54, 1.807) is 37.8 Å². The molecule has 0 spiro atoms. The number of hydrogen-bond donors (Lipinski definition) is 2. The van der Waals surface area contributed by atoms with Crippen LogP contribution in [0.25, 0.3) is 0 Å². The number of pyridine rings is 1. The molecular weight excluding hydrogens is 464 g/mol. The molecule has 35 heavy (non-hydrogen) atoms. The molecule has 0 bridgehead atoms. The van der Waals surface area contributed by atoms with Crippen LogP contribution in [0.5, 0.6) is 0 Å². The molecule has 182 valence electrons. The monoisotopic (exact) mass is 492 g/mol. The van der Waals surface area contributed by atoms with Crippen LogP contribution >= 0.6 is 0 Å². The predicted molar refractivity (Wildman–Crippen MR) is 137 cm³/mol. The van der Waals surface area contributed by atoms with E-state index in [2.05, 4.69) is 53.1 Å². The summed E-state index contributed by atoms with van der Waals surface area (Å²) in [5.74, 6) is 1.43. The summed E-state index contributed by atoms with van der Waals surface area (Å²) in [6.07, 6.45) is 5.55. The topological polar surface area (TPSA) is 128 Å². The molecule has 10 nitrogen and oxygen atoms in total. The maximum Gasteiger partial charge on any atom is 0.229 e. The Morgan fingerprint density at radius 2 is 2.06 bits per heavy atom. The van der Waals surface area contributed by atoms with Gasteiger partial charge in [0, 0.05) is 54.7 Å². The lowest BCUT2D eigenvalue weighted by molar-refractivity contribution is 0.141. The zero-order valence-electron chi connectivity index (χ0n) is 20.0. The van der Waals surface area contributed by atoms with E-state index in [0.29, 0.717) is 30.0 Å². The summed E-state index contributed by atoms with van der Waals surface area (Å²) in [6.45, 7) is 3.50. The number of ether oxygens (including phenoxy) is 1. The number of nitrogens with zero attached hydrogens (tertiary/aromatic N) is 6. The first-order valence-electron chi connectivity index (χ1n) is 11.1. The van der Waals surface area contributed by atoms with Gasteiger partial charge in [0.05, 0.1) is 12.8 Å².